The molecule has 0 saturated heterocycles. The number of hydrogen-bond donors (Lipinski definition) is 1. The van der Waals surface area contributed by atoms with Crippen LogP contribution in [0.5, 0.6) is 11.5 Å². The zero-order valence-corrected chi connectivity index (χ0v) is 13.3. The van der Waals surface area contributed by atoms with Crippen LogP contribution >= 0.6 is 11.6 Å². The number of benzene rings is 1. The summed E-state index contributed by atoms with van der Waals surface area (Å²) in [5.74, 6) is 2.09. The Bertz CT molecular complexity index is 450. The summed E-state index contributed by atoms with van der Waals surface area (Å²) in [6.07, 6.45) is 2.34. The Morgan fingerprint density at radius 3 is 2.45 bits per heavy atom. The molecule has 0 bridgehead atoms. The minimum atomic E-state index is 0.253. The van der Waals surface area contributed by atoms with Crippen molar-refractivity contribution in [2.75, 3.05) is 19.8 Å². The summed E-state index contributed by atoms with van der Waals surface area (Å²) < 4.78 is 11.3. The molecule has 2 atom stereocenters. The van der Waals surface area contributed by atoms with Crippen LogP contribution in [0, 0.1) is 5.92 Å². The number of rotatable bonds is 6. The van der Waals surface area contributed by atoms with Crippen molar-refractivity contribution < 1.29 is 9.47 Å². The fraction of sp³-hybridized carbons (Fsp3) is 0.625. The molecule has 0 saturated carbocycles. The highest BCUT2D eigenvalue weighted by Gasteiger charge is 2.23. The van der Waals surface area contributed by atoms with E-state index in [1.54, 1.807) is 0 Å². The molecule has 2 rings (SSSR count). The van der Waals surface area contributed by atoms with E-state index in [0.29, 0.717) is 19.1 Å². The van der Waals surface area contributed by atoms with Crippen molar-refractivity contribution in [2.24, 2.45) is 5.92 Å². The molecule has 0 spiro atoms. The van der Waals surface area contributed by atoms with Crippen LogP contribution in [0.2, 0.25) is 5.02 Å². The van der Waals surface area contributed by atoms with Gasteiger partial charge in [-0.1, -0.05) is 38.8 Å². The quantitative estimate of drug-likeness (QED) is 0.853. The maximum Gasteiger partial charge on any atom is 0.162 e. The Morgan fingerprint density at radius 2 is 1.85 bits per heavy atom. The van der Waals surface area contributed by atoms with Gasteiger partial charge in [0.1, 0.15) is 13.2 Å². The molecule has 1 heterocycles. The summed E-state index contributed by atoms with van der Waals surface area (Å²) in [5, 5.41) is 4.30. The minimum Gasteiger partial charge on any atom is -0.486 e. The third kappa shape index (κ3) is 3.39. The highest BCUT2D eigenvalue weighted by atomic mass is 35.5. The van der Waals surface area contributed by atoms with Crippen molar-refractivity contribution in [3.63, 3.8) is 0 Å². The maximum absolute atomic E-state index is 6.46. The molecule has 1 aliphatic rings. The lowest BCUT2D eigenvalue weighted by Crippen LogP contribution is -2.27. The van der Waals surface area contributed by atoms with Gasteiger partial charge in [0.25, 0.3) is 0 Å². The number of ether oxygens (including phenoxy) is 2. The normalized spacial score (nSPS) is 16.8. The second-order valence-electron chi connectivity index (χ2n) is 5.32. The standard InChI is InChI=1S/C16H24ClNO2/c1-4-6-11(3)16(18-5-2)12-9-14-15(10-13(12)17)20-8-7-19-14/h9-11,16,18H,4-8H2,1-3H3. The first kappa shape index (κ1) is 15.5. The van der Waals surface area contributed by atoms with Gasteiger partial charge in [0.2, 0.25) is 0 Å². The van der Waals surface area contributed by atoms with Crippen molar-refractivity contribution in [3.8, 4) is 11.5 Å². The van der Waals surface area contributed by atoms with E-state index < -0.39 is 0 Å². The van der Waals surface area contributed by atoms with Gasteiger partial charge in [0.15, 0.2) is 11.5 Å². The molecule has 1 aromatic carbocycles. The summed E-state index contributed by atoms with van der Waals surface area (Å²) in [4.78, 5) is 0. The highest BCUT2D eigenvalue weighted by Crippen LogP contribution is 2.40. The fourth-order valence-electron chi connectivity index (χ4n) is 2.78. The first-order valence-corrected chi connectivity index (χ1v) is 7.87. The predicted octanol–water partition coefficient (Wildman–Crippen LogP) is 4.20. The van der Waals surface area contributed by atoms with Gasteiger partial charge < -0.3 is 14.8 Å². The molecule has 2 unspecified atom stereocenters. The summed E-state index contributed by atoms with van der Waals surface area (Å²) in [5.41, 5.74) is 1.11. The van der Waals surface area contributed by atoms with E-state index in [4.69, 9.17) is 21.1 Å². The number of hydrogen-bond acceptors (Lipinski definition) is 3. The zero-order chi connectivity index (χ0) is 14.5. The second kappa shape index (κ2) is 7.19. The smallest absolute Gasteiger partial charge is 0.162 e. The van der Waals surface area contributed by atoms with Gasteiger partial charge >= 0.3 is 0 Å². The van der Waals surface area contributed by atoms with Gasteiger partial charge in [0.05, 0.1) is 0 Å². The van der Waals surface area contributed by atoms with Crippen LogP contribution < -0.4 is 14.8 Å². The molecule has 1 N–H and O–H groups in total. The molecule has 0 radical (unpaired) electrons. The average molecular weight is 298 g/mol. The molecule has 0 amide bonds. The van der Waals surface area contributed by atoms with Gasteiger partial charge in [-0.25, -0.2) is 0 Å². The van der Waals surface area contributed by atoms with Crippen LogP contribution in [0.3, 0.4) is 0 Å². The summed E-state index contributed by atoms with van der Waals surface area (Å²) in [6.45, 7) is 8.71. The second-order valence-corrected chi connectivity index (χ2v) is 5.73. The Kier molecular flexibility index (Phi) is 5.55. The fourth-order valence-corrected chi connectivity index (χ4v) is 3.05. The van der Waals surface area contributed by atoms with Gasteiger partial charge in [-0.15, -0.1) is 0 Å². The Morgan fingerprint density at radius 1 is 1.20 bits per heavy atom. The zero-order valence-electron chi connectivity index (χ0n) is 12.5. The van der Waals surface area contributed by atoms with E-state index in [9.17, 15) is 0 Å². The van der Waals surface area contributed by atoms with Crippen molar-refractivity contribution in [3.05, 3.63) is 22.7 Å². The topological polar surface area (TPSA) is 30.5 Å². The van der Waals surface area contributed by atoms with Crippen LogP contribution in [0.4, 0.5) is 0 Å². The summed E-state index contributed by atoms with van der Waals surface area (Å²) >= 11 is 6.46. The van der Waals surface area contributed by atoms with Crippen molar-refractivity contribution in [2.45, 2.75) is 39.7 Å². The third-order valence-electron chi connectivity index (χ3n) is 3.73. The Balaban J connectivity index is 2.32. The van der Waals surface area contributed by atoms with Crippen molar-refractivity contribution in [1.29, 1.82) is 0 Å². The highest BCUT2D eigenvalue weighted by molar-refractivity contribution is 6.31. The van der Waals surface area contributed by atoms with Crippen molar-refractivity contribution in [1.82, 2.24) is 5.32 Å². The van der Waals surface area contributed by atoms with Crippen molar-refractivity contribution >= 4 is 11.6 Å². The van der Waals surface area contributed by atoms with E-state index in [1.807, 2.05) is 12.1 Å². The third-order valence-corrected chi connectivity index (χ3v) is 4.06. The minimum absolute atomic E-state index is 0.253. The number of nitrogens with one attached hydrogen (secondary N) is 1. The molecule has 1 aromatic rings. The predicted molar refractivity (Wildman–Crippen MR) is 82.9 cm³/mol. The molecular formula is C16H24ClNO2. The average Bonchev–Trinajstić information content (AvgIpc) is 2.44. The molecule has 3 nitrogen and oxygen atoms in total. The van der Waals surface area contributed by atoms with Gasteiger partial charge in [-0.05, 0) is 30.5 Å². The van der Waals surface area contributed by atoms with Gasteiger partial charge in [-0.2, -0.15) is 0 Å². The van der Waals surface area contributed by atoms with E-state index in [0.717, 1.165) is 28.6 Å². The van der Waals surface area contributed by atoms with E-state index >= 15 is 0 Å². The van der Waals surface area contributed by atoms with Crippen LogP contribution in [-0.4, -0.2) is 19.8 Å². The van der Waals surface area contributed by atoms with Crippen LogP contribution in [0.1, 0.15) is 45.2 Å². The number of fused-ring (bicyclic) bond motifs is 1. The summed E-state index contributed by atoms with van der Waals surface area (Å²) in [7, 11) is 0. The monoisotopic (exact) mass is 297 g/mol. The molecule has 20 heavy (non-hydrogen) atoms. The van der Waals surface area contributed by atoms with Crippen LogP contribution in [0.25, 0.3) is 0 Å². The molecule has 4 heteroatoms. The lowest BCUT2D eigenvalue weighted by Gasteiger charge is -2.28. The first-order chi connectivity index (χ1) is 9.67. The van der Waals surface area contributed by atoms with Gasteiger partial charge in [0, 0.05) is 17.1 Å². The molecule has 0 aliphatic carbocycles. The van der Waals surface area contributed by atoms with Crippen LogP contribution in [0.15, 0.2) is 12.1 Å². The Labute approximate surface area is 126 Å². The SMILES string of the molecule is CCCC(C)C(NCC)c1cc2c(cc1Cl)OCCO2. The molecule has 1 aliphatic heterocycles. The van der Waals surface area contributed by atoms with Crippen LogP contribution in [-0.2, 0) is 0 Å². The first-order valence-electron chi connectivity index (χ1n) is 7.49. The molecule has 0 fully saturated rings. The van der Waals surface area contributed by atoms with Gasteiger partial charge in [-0.3, -0.25) is 0 Å². The maximum atomic E-state index is 6.46. The molecular weight excluding hydrogens is 274 g/mol. The van der Waals surface area contributed by atoms with E-state index in [1.165, 1.54) is 12.8 Å². The lowest BCUT2D eigenvalue weighted by molar-refractivity contribution is 0.171. The largest absolute Gasteiger partial charge is 0.486 e. The van der Waals surface area contributed by atoms with E-state index in [-0.39, 0.29) is 6.04 Å². The lowest BCUT2D eigenvalue weighted by atomic mass is 9.90. The molecule has 112 valence electrons. The number of halogens is 1. The Hall–Kier alpha value is -0.930. The van der Waals surface area contributed by atoms with E-state index in [2.05, 4.69) is 26.1 Å². The molecule has 0 aromatic heterocycles. The summed E-state index contributed by atoms with van der Waals surface area (Å²) in [6, 6.07) is 4.17.